The predicted molar refractivity (Wildman–Crippen MR) is 109 cm³/mol. The van der Waals surface area contributed by atoms with Crippen LogP contribution in [-0.2, 0) is 7.05 Å². The summed E-state index contributed by atoms with van der Waals surface area (Å²) < 4.78 is 57.7. The largest absolute Gasteiger partial charge is 0.573 e. The Labute approximate surface area is 185 Å². The maximum absolute atomic E-state index is 14.3. The minimum atomic E-state index is -5.08. The van der Waals surface area contributed by atoms with Crippen LogP contribution in [0.5, 0.6) is 5.75 Å². The van der Waals surface area contributed by atoms with Gasteiger partial charge in [0.05, 0.1) is 11.6 Å². The number of hydrogen-bond acceptors (Lipinski definition) is 5. The van der Waals surface area contributed by atoms with E-state index in [1.165, 1.54) is 29.2 Å². The summed E-state index contributed by atoms with van der Waals surface area (Å²) in [4.78, 5) is 30.0. The Morgan fingerprint density at radius 1 is 1.24 bits per heavy atom. The van der Waals surface area contributed by atoms with Crippen molar-refractivity contribution in [3.05, 3.63) is 63.0 Å². The first-order valence-electron chi connectivity index (χ1n) is 9.74. The number of nitrogens with zero attached hydrogens (tertiary/aromatic N) is 3. The van der Waals surface area contributed by atoms with Crippen LogP contribution in [0.3, 0.4) is 0 Å². The number of fused-ring (bicyclic) bond motifs is 1. The minimum Gasteiger partial charge on any atom is -0.403 e. The molecule has 0 saturated carbocycles. The smallest absolute Gasteiger partial charge is 0.403 e. The van der Waals surface area contributed by atoms with Gasteiger partial charge in [-0.1, -0.05) is 6.07 Å². The molecule has 1 aromatic carbocycles. The highest BCUT2D eigenvalue weighted by Gasteiger charge is 2.35. The normalized spacial score (nSPS) is 13.3. The molecule has 12 heteroatoms. The zero-order chi connectivity index (χ0) is 24.9. The van der Waals surface area contributed by atoms with E-state index in [1.54, 1.807) is 20.9 Å². The summed E-state index contributed by atoms with van der Waals surface area (Å²) in [7, 11) is 1.55. The number of halogens is 4. The van der Waals surface area contributed by atoms with Crippen LogP contribution in [0.2, 0.25) is 0 Å². The second kappa shape index (κ2) is 8.18. The van der Waals surface area contributed by atoms with E-state index in [2.05, 4.69) is 15.0 Å². The van der Waals surface area contributed by atoms with Crippen LogP contribution in [-0.4, -0.2) is 37.2 Å². The topological polar surface area (TPSA) is 97.9 Å². The molecule has 2 heterocycles. The monoisotopic (exact) mass is 470 g/mol. The van der Waals surface area contributed by atoms with Crippen molar-refractivity contribution in [1.82, 2.24) is 19.5 Å². The number of hydrogen-bond donors (Lipinski definition) is 2. The zero-order valence-electron chi connectivity index (χ0n) is 18.4. The lowest BCUT2D eigenvalue weighted by Gasteiger charge is -2.30. The van der Waals surface area contributed by atoms with E-state index in [9.17, 15) is 32.3 Å². The van der Waals surface area contributed by atoms with E-state index >= 15 is 0 Å². The molecular formula is C21H22F4N4O4. The van der Waals surface area contributed by atoms with Gasteiger partial charge in [-0.3, -0.25) is 14.3 Å². The molecule has 3 rings (SSSR count). The highest BCUT2D eigenvalue weighted by atomic mass is 19.4. The maximum Gasteiger partial charge on any atom is 0.573 e. The summed E-state index contributed by atoms with van der Waals surface area (Å²) in [5, 5.41) is 13.1. The molecule has 1 atom stereocenters. The van der Waals surface area contributed by atoms with Crippen LogP contribution in [0.4, 0.5) is 17.6 Å². The number of alkyl halides is 3. The Hall–Kier alpha value is -3.41. The molecule has 2 aromatic heterocycles. The van der Waals surface area contributed by atoms with Gasteiger partial charge in [0.25, 0.3) is 11.5 Å². The van der Waals surface area contributed by atoms with Gasteiger partial charge in [0.15, 0.2) is 17.2 Å². The fourth-order valence-corrected chi connectivity index (χ4v) is 3.41. The van der Waals surface area contributed by atoms with Crippen LogP contribution >= 0.6 is 0 Å². The molecule has 0 aliphatic heterocycles. The maximum atomic E-state index is 14.3. The average molecular weight is 470 g/mol. The third kappa shape index (κ3) is 4.85. The van der Waals surface area contributed by atoms with E-state index in [0.717, 1.165) is 18.2 Å². The molecule has 0 fully saturated rings. The van der Waals surface area contributed by atoms with Crippen molar-refractivity contribution in [2.75, 3.05) is 0 Å². The van der Waals surface area contributed by atoms with Crippen LogP contribution in [0.15, 0.2) is 29.2 Å². The van der Waals surface area contributed by atoms with Gasteiger partial charge in [0.2, 0.25) is 0 Å². The molecule has 0 aliphatic rings. The average Bonchev–Trinajstić information content (AvgIpc) is 3.00. The Bertz CT molecular complexity index is 1290. The molecule has 33 heavy (non-hydrogen) atoms. The molecule has 0 spiro atoms. The molecule has 0 saturated heterocycles. The van der Waals surface area contributed by atoms with E-state index in [0.29, 0.717) is 11.3 Å². The first-order valence-corrected chi connectivity index (χ1v) is 9.74. The highest BCUT2D eigenvalue weighted by Crippen LogP contribution is 2.31. The number of aromatic nitrogens is 3. The third-order valence-electron chi connectivity index (χ3n) is 5.14. The number of rotatable bonds is 5. The van der Waals surface area contributed by atoms with Crippen molar-refractivity contribution < 1.29 is 32.2 Å². The van der Waals surface area contributed by atoms with Gasteiger partial charge < -0.3 is 15.2 Å². The van der Waals surface area contributed by atoms with Gasteiger partial charge in [-0.05, 0) is 45.4 Å². The molecule has 178 valence electrons. The summed E-state index contributed by atoms with van der Waals surface area (Å²) in [5.41, 5.74) is -1.06. The lowest BCUT2D eigenvalue weighted by atomic mass is 9.91. The van der Waals surface area contributed by atoms with E-state index < -0.39 is 35.5 Å². The highest BCUT2D eigenvalue weighted by molar-refractivity contribution is 6.00. The fourth-order valence-electron chi connectivity index (χ4n) is 3.41. The number of carbonyl (C=O) groups excluding carboxylic acids is 1. The van der Waals surface area contributed by atoms with Crippen molar-refractivity contribution in [2.24, 2.45) is 7.05 Å². The van der Waals surface area contributed by atoms with Crippen LogP contribution in [0.1, 0.15) is 47.1 Å². The second-order valence-electron chi connectivity index (χ2n) is 8.18. The lowest BCUT2D eigenvalue weighted by molar-refractivity contribution is -0.275. The molecule has 0 radical (unpaired) electrons. The third-order valence-corrected chi connectivity index (χ3v) is 5.14. The predicted octanol–water partition coefficient (Wildman–Crippen LogP) is 2.93. The molecule has 1 amide bonds. The molecular weight excluding hydrogens is 448 g/mol. The summed E-state index contributed by atoms with van der Waals surface area (Å²) in [6.07, 6.45) is -3.71. The molecule has 3 aromatic rings. The van der Waals surface area contributed by atoms with E-state index in [1.807, 2.05) is 0 Å². The number of nitrogens with one attached hydrogen (secondary N) is 1. The summed E-state index contributed by atoms with van der Waals surface area (Å²) in [6.45, 7) is 5.91. The molecule has 0 aliphatic carbocycles. The van der Waals surface area contributed by atoms with Crippen LogP contribution < -0.4 is 15.6 Å². The fraction of sp³-hybridized carbons (Fsp3) is 0.381. The number of aryl methyl sites for hydroxylation is 2. The minimum absolute atomic E-state index is 0.000243. The van der Waals surface area contributed by atoms with Crippen molar-refractivity contribution in [2.45, 2.75) is 45.7 Å². The number of aliphatic hydroxyl groups is 1. The zero-order valence-corrected chi connectivity index (χ0v) is 18.4. The molecule has 2 N–H and O–H groups in total. The summed E-state index contributed by atoms with van der Waals surface area (Å²) in [5.74, 6) is -3.10. The first-order chi connectivity index (χ1) is 15.1. The van der Waals surface area contributed by atoms with Crippen molar-refractivity contribution in [3.63, 3.8) is 0 Å². The SMILES string of the molecule is Cc1nc2c(C(=O)N[C@@H](c3ccc(OC(F)(F)F)c(F)c3)C(C)(C)O)cn(C)n2c(=O)c1C. The van der Waals surface area contributed by atoms with Gasteiger partial charge in [-0.2, -0.15) is 4.52 Å². The molecule has 0 unspecified atom stereocenters. The molecule has 0 bridgehead atoms. The summed E-state index contributed by atoms with van der Waals surface area (Å²) >= 11 is 0. The number of benzene rings is 1. The number of ether oxygens (including phenoxy) is 1. The van der Waals surface area contributed by atoms with Crippen LogP contribution in [0, 0.1) is 19.7 Å². The Balaban J connectivity index is 2.01. The van der Waals surface area contributed by atoms with Crippen molar-refractivity contribution >= 4 is 11.6 Å². The lowest BCUT2D eigenvalue weighted by Crippen LogP contribution is -2.42. The first kappa shape index (κ1) is 24.2. The second-order valence-corrected chi connectivity index (χ2v) is 8.18. The number of amides is 1. The Morgan fingerprint density at radius 2 is 1.88 bits per heavy atom. The van der Waals surface area contributed by atoms with Gasteiger partial charge in [0.1, 0.15) is 5.56 Å². The van der Waals surface area contributed by atoms with Gasteiger partial charge in [-0.15, -0.1) is 13.2 Å². The Kier molecular flexibility index (Phi) is 6.01. The standard InChI is InChI=1S/C21H22F4N4O4/c1-10-11(2)26-17-13(9-28(5)29(17)19(10)31)18(30)27-16(20(3,4)32)12-6-7-15(14(22)8-12)33-21(23,24)25/h6-9,16,32H,1-5H3,(H,27,30)/t16-/m0/s1. The van der Waals surface area contributed by atoms with Crippen molar-refractivity contribution in [3.8, 4) is 5.75 Å². The molecule has 8 nitrogen and oxygen atoms in total. The quantitative estimate of drug-likeness (QED) is 0.559. The number of carbonyl (C=O) groups is 1. The van der Waals surface area contributed by atoms with Gasteiger partial charge >= 0.3 is 6.36 Å². The Morgan fingerprint density at radius 3 is 2.42 bits per heavy atom. The van der Waals surface area contributed by atoms with Crippen LogP contribution in [0.25, 0.3) is 5.65 Å². The van der Waals surface area contributed by atoms with Gasteiger partial charge in [0, 0.05) is 24.5 Å². The van der Waals surface area contributed by atoms with Gasteiger partial charge in [-0.25, -0.2) is 9.37 Å². The van der Waals surface area contributed by atoms with E-state index in [-0.39, 0.29) is 22.3 Å². The summed E-state index contributed by atoms with van der Waals surface area (Å²) in [6, 6.07) is 1.38. The van der Waals surface area contributed by atoms with Crippen molar-refractivity contribution in [1.29, 1.82) is 0 Å². The van der Waals surface area contributed by atoms with E-state index in [4.69, 9.17) is 0 Å².